The summed E-state index contributed by atoms with van der Waals surface area (Å²) in [6.07, 6.45) is 1.76. The number of carbonyl (C=O) groups excluding carboxylic acids is 1. The minimum Gasteiger partial charge on any atom is -0.478 e. The Bertz CT molecular complexity index is 1310. The number of aromatic nitrogens is 1. The number of amides is 1. The van der Waals surface area contributed by atoms with Gasteiger partial charge in [-0.3, -0.25) is 4.79 Å². The Labute approximate surface area is 192 Å². The number of nitrogens with zero attached hydrogens (tertiary/aromatic N) is 2. The molecule has 1 fully saturated rings. The molecule has 1 saturated heterocycles. The van der Waals surface area contributed by atoms with E-state index in [4.69, 9.17) is 11.6 Å². The molecule has 0 spiro atoms. The number of hydrogen-bond donors (Lipinski definition) is 2. The van der Waals surface area contributed by atoms with Crippen molar-refractivity contribution in [2.24, 2.45) is 4.99 Å². The topological polar surface area (TPSA) is 83.7 Å². The molecule has 2 aromatic carbocycles. The summed E-state index contributed by atoms with van der Waals surface area (Å²) in [7, 11) is 0. The number of carboxylic acids is 1. The highest BCUT2D eigenvalue weighted by atomic mass is 35.5. The van der Waals surface area contributed by atoms with Crippen molar-refractivity contribution in [2.75, 3.05) is 0 Å². The Morgan fingerprint density at radius 1 is 1.19 bits per heavy atom. The number of amidine groups is 1. The minimum absolute atomic E-state index is 0.0175. The Kier molecular flexibility index (Phi) is 5.90. The van der Waals surface area contributed by atoms with E-state index >= 15 is 0 Å². The summed E-state index contributed by atoms with van der Waals surface area (Å²) in [4.78, 5) is 28.7. The van der Waals surface area contributed by atoms with Gasteiger partial charge in [-0.25, -0.2) is 14.2 Å². The van der Waals surface area contributed by atoms with Crippen LogP contribution in [0.25, 0.3) is 11.8 Å². The van der Waals surface area contributed by atoms with Crippen LogP contribution in [0.3, 0.4) is 0 Å². The highest BCUT2D eigenvalue weighted by Crippen LogP contribution is 2.31. The largest absolute Gasteiger partial charge is 0.478 e. The van der Waals surface area contributed by atoms with Gasteiger partial charge >= 0.3 is 5.97 Å². The SMILES string of the molecule is Cc1cc(/C=C2\SC(=Nc3ccc(F)cc3)NC2=O)c(C)n1-c1ccc(Cl)c(C(=O)O)c1. The molecule has 0 atom stereocenters. The molecule has 1 aromatic heterocycles. The van der Waals surface area contributed by atoms with Crippen molar-refractivity contribution in [2.45, 2.75) is 13.8 Å². The van der Waals surface area contributed by atoms with Crippen molar-refractivity contribution in [3.8, 4) is 5.69 Å². The number of benzene rings is 2. The first-order chi connectivity index (χ1) is 15.2. The zero-order valence-electron chi connectivity index (χ0n) is 17.0. The van der Waals surface area contributed by atoms with Crippen molar-refractivity contribution in [1.29, 1.82) is 0 Å². The van der Waals surface area contributed by atoms with Crippen LogP contribution in [0, 0.1) is 19.7 Å². The first-order valence-corrected chi connectivity index (χ1v) is 10.7. The van der Waals surface area contributed by atoms with E-state index in [-0.39, 0.29) is 22.3 Å². The number of aryl methyl sites for hydroxylation is 1. The standard InChI is InChI=1S/C23H17ClFN3O3S/c1-12-9-14(13(2)28(12)17-7-8-19(24)18(11-17)22(30)31)10-20-21(29)27-23(32-20)26-16-5-3-15(25)4-6-16/h3-11H,1-2H3,(H,30,31)(H,26,27,29)/b20-10-. The fourth-order valence-corrected chi connectivity index (χ4v) is 4.43. The number of halogens is 2. The van der Waals surface area contributed by atoms with Crippen molar-refractivity contribution >= 4 is 52.2 Å². The van der Waals surface area contributed by atoms with E-state index in [0.717, 1.165) is 17.0 Å². The Morgan fingerprint density at radius 2 is 1.91 bits per heavy atom. The average molecular weight is 470 g/mol. The second kappa shape index (κ2) is 8.64. The predicted molar refractivity (Wildman–Crippen MR) is 124 cm³/mol. The maximum atomic E-state index is 13.1. The van der Waals surface area contributed by atoms with Gasteiger partial charge in [0.25, 0.3) is 5.91 Å². The third kappa shape index (κ3) is 4.32. The van der Waals surface area contributed by atoms with E-state index in [1.807, 2.05) is 24.5 Å². The van der Waals surface area contributed by atoms with Gasteiger partial charge in [0.2, 0.25) is 0 Å². The molecule has 1 amide bonds. The summed E-state index contributed by atoms with van der Waals surface area (Å²) >= 11 is 7.19. The van der Waals surface area contributed by atoms with Crippen LogP contribution in [0.15, 0.2) is 58.4 Å². The van der Waals surface area contributed by atoms with Crippen molar-refractivity contribution in [3.05, 3.63) is 86.8 Å². The van der Waals surface area contributed by atoms with E-state index in [2.05, 4.69) is 10.3 Å². The van der Waals surface area contributed by atoms with E-state index in [1.54, 1.807) is 18.2 Å². The van der Waals surface area contributed by atoms with E-state index in [1.165, 1.54) is 42.1 Å². The van der Waals surface area contributed by atoms with Crippen molar-refractivity contribution in [3.63, 3.8) is 0 Å². The third-order valence-corrected chi connectivity index (χ3v) is 6.14. The normalized spacial score (nSPS) is 16.1. The quantitative estimate of drug-likeness (QED) is 0.496. The second-order valence-corrected chi connectivity index (χ2v) is 8.53. The molecular formula is C23H17ClFN3O3S. The maximum Gasteiger partial charge on any atom is 0.337 e. The molecule has 6 nitrogen and oxygen atoms in total. The lowest BCUT2D eigenvalue weighted by Crippen LogP contribution is -2.19. The summed E-state index contributed by atoms with van der Waals surface area (Å²) in [5.41, 5.74) is 3.74. The summed E-state index contributed by atoms with van der Waals surface area (Å²) in [6.45, 7) is 3.78. The van der Waals surface area contributed by atoms with Gasteiger partial charge in [0.1, 0.15) is 5.82 Å². The molecule has 32 heavy (non-hydrogen) atoms. The third-order valence-electron chi connectivity index (χ3n) is 4.90. The summed E-state index contributed by atoms with van der Waals surface area (Å²) < 4.78 is 15.0. The fraction of sp³-hybridized carbons (Fsp3) is 0.0870. The Morgan fingerprint density at radius 3 is 2.59 bits per heavy atom. The van der Waals surface area contributed by atoms with Crippen LogP contribution in [0.2, 0.25) is 5.02 Å². The molecule has 2 N–H and O–H groups in total. The van der Waals surface area contributed by atoms with Crippen molar-refractivity contribution in [1.82, 2.24) is 9.88 Å². The van der Waals surface area contributed by atoms with Gasteiger partial charge in [-0.1, -0.05) is 11.6 Å². The smallest absolute Gasteiger partial charge is 0.337 e. The molecule has 2 heterocycles. The maximum absolute atomic E-state index is 13.1. The number of carboxylic acid groups (broad SMARTS) is 1. The average Bonchev–Trinajstić information content (AvgIpc) is 3.22. The second-order valence-electron chi connectivity index (χ2n) is 7.09. The Balaban J connectivity index is 1.66. The van der Waals surface area contributed by atoms with Crippen LogP contribution in [0.1, 0.15) is 27.3 Å². The molecule has 0 radical (unpaired) electrons. The molecule has 1 aliphatic rings. The van der Waals surface area contributed by atoms with Gasteiger partial charge in [0.15, 0.2) is 5.17 Å². The van der Waals surface area contributed by atoms with Crippen LogP contribution >= 0.6 is 23.4 Å². The van der Waals surface area contributed by atoms with Crippen LogP contribution < -0.4 is 5.32 Å². The predicted octanol–water partition coefficient (Wildman–Crippen LogP) is 5.48. The number of aliphatic imine (C=N–C) groups is 1. The number of thioether (sulfide) groups is 1. The van der Waals surface area contributed by atoms with Gasteiger partial charge in [-0.2, -0.15) is 0 Å². The van der Waals surface area contributed by atoms with E-state index < -0.39 is 5.97 Å². The number of carbonyl (C=O) groups is 2. The lowest BCUT2D eigenvalue weighted by atomic mass is 10.2. The summed E-state index contributed by atoms with van der Waals surface area (Å²) in [5, 5.41) is 12.6. The number of rotatable bonds is 4. The molecule has 0 bridgehead atoms. The van der Waals surface area contributed by atoms with Crippen LogP contribution in [-0.2, 0) is 4.79 Å². The molecule has 0 aliphatic carbocycles. The van der Waals surface area contributed by atoms with Crippen molar-refractivity contribution < 1.29 is 19.1 Å². The van der Waals surface area contributed by atoms with Gasteiger partial charge in [-0.05, 0) is 85.8 Å². The van der Waals surface area contributed by atoms with Crippen LogP contribution in [0.4, 0.5) is 10.1 Å². The molecule has 9 heteroatoms. The lowest BCUT2D eigenvalue weighted by Gasteiger charge is -2.11. The molecule has 4 rings (SSSR count). The molecule has 0 unspecified atom stereocenters. The van der Waals surface area contributed by atoms with Crippen LogP contribution in [0.5, 0.6) is 0 Å². The molecule has 1 aliphatic heterocycles. The monoisotopic (exact) mass is 469 g/mol. The molecular weight excluding hydrogens is 453 g/mol. The van der Waals surface area contributed by atoms with E-state index in [9.17, 15) is 19.1 Å². The molecule has 3 aromatic rings. The first kappa shape index (κ1) is 21.9. The summed E-state index contributed by atoms with van der Waals surface area (Å²) in [5.74, 6) is -1.74. The lowest BCUT2D eigenvalue weighted by molar-refractivity contribution is -0.115. The molecule has 162 valence electrons. The van der Waals surface area contributed by atoms with Gasteiger partial charge in [0, 0.05) is 17.1 Å². The zero-order chi connectivity index (χ0) is 23.0. The number of aromatic carboxylic acids is 1. The highest BCUT2D eigenvalue weighted by Gasteiger charge is 2.25. The van der Waals surface area contributed by atoms with Crippen LogP contribution in [-0.4, -0.2) is 26.7 Å². The van der Waals surface area contributed by atoms with Gasteiger partial charge in [-0.15, -0.1) is 0 Å². The fourth-order valence-electron chi connectivity index (χ4n) is 3.40. The van der Waals surface area contributed by atoms with Gasteiger partial charge in [0.05, 0.1) is 21.2 Å². The zero-order valence-corrected chi connectivity index (χ0v) is 18.6. The Hall–Kier alpha value is -3.36. The number of nitrogens with one attached hydrogen (secondary N) is 1. The summed E-state index contributed by atoms with van der Waals surface area (Å²) in [6, 6.07) is 12.4. The van der Waals surface area contributed by atoms with E-state index in [0.29, 0.717) is 21.4 Å². The highest BCUT2D eigenvalue weighted by molar-refractivity contribution is 8.18. The minimum atomic E-state index is -1.10. The van der Waals surface area contributed by atoms with Gasteiger partial charge < -0.3 is 15.0 Å². The first-order valence-electron chi connectivity index (χ1n) is 9.50. The molecule has 0 saturated carbocycles. The number of hydrogen-bond acceptors (Lipinski definition) is 4.